The van der Waals surface area contributed by atoms with Crippen molar-refractivity contribution >= 4 is 11.8 Å². The van der Waals surface area contributed by atoms with E-state index in [1.807, 2.05) is 32.0 Å². The van der Waals surface area contributed by atoms with E-state index in [9.17, 15) is 9.59 Å². The number of amides is 2. The number of hydrogen-bond acceptors (Lipinski definition) is 2. The van der Waals surface area contributed by atoms with Crippen molar-refractivity contribution in [1.82, 2.24) is 10.9 Å². The molecule has 2 rings (SSSR count). The van der Waals surface area contributed by atoms with Gasteiger partial charge in [0, 0.05) is 11.1 Å². The average molecular weight is 268 g/mol. The Hall–Kier alpha value is -2.62. The van der Waals surface area contributed by atoms with Crippen molar-refractivity contribution in [2.75, 3.05) is 0 Å². The second kappa shape index (κ2) is 6.02. The first-order chi connectivity index (χ1) is 9.58. The first kappa shape index (κ1) is 13.8. The summed E-state index contributed by atoms with van der Waals surface area (Å²) in [7, 11) is 0. The van der Waals surface area contributed by atoms with Gasteiger partial charge in [-0.05, 0) is 37.6 Å². The van der Waals surface area contributed by atoms with Crippen molar-refractivity contribution < 1.29 is 9.59 Å². The van der Waals surface area contributed by atoms with E-state index >= 15 is 0 Å². The van der Waals surface area contributed by atoms with Crippen molar-refractivity contribution in [3.63, 3.8) is 0 Å². The minimum atomic E-state index is -0.343. The monoisotopic (exact) mass is 268 g/mol. The Kier molecular flexibility index (Phi) is 4.15. The van der Waals surface area contributed by atoms with E-state index in [0.717, 1.165) is 11.1 Å². The smallest absolute Gasteiger partial charge is 0.267 e. The van der Waals surface area contributed by atoms with Crippen molar-refractivity contribution in [2.45, 2.75) is 13.8 Å². The molecule has 0 saturated carbocycles. The molecule has 2 amide bonds. The summed E-state index contributed by atoms with van der Waals surface area (Å²) in [6.45, 7) is 3.77. The summed E-state index contributed by atoms with van der Waals surface area (Å²) < 4.78 is 0. The van der Waals surface area contributed by atoms with Crippen LogP contribution < -0.4 is 10.9 Å². The Bertz CT molecular complexity index is 636. The minimum absolute atomic E-state index is 0.324. The predicted molar refractivity (Wildman–Crippen MR) is 77.3 cm³/mol. The van der Waals surface area contributed by atoms with E-state index in [4.69, 9.17) is 0 Å². The molecule has 2 aromatic rings. The fourth-order valence-corrected chi connectivity index (χ4v) is 1.82. The van der Waals surface area contributed by atoms with Crippen LogP contribution in [0.1, 0.15) is 31.8 Å². The molecule has 2 aromatic carbocycles. The molecule has 4 nitrogen and oxygen atoms in total. The van der Waals surface area contributed by atoms with Gasteiger partial charge in [0.05, 0.1) is 0 Å². The Morgan fingerprint density at radius 3 is 2.20 bits per heavy atom. The molecule has 0 radical (unpaired) electrons. The maximum Gasteiger partial charge on any atom is 0.269 e. The van der Waals surface area contributed by atoms with E-state index in [2.05, 4.69) is 10.9 Å². The van der Waals surface area contributed by atoms with Gasteiger partial charge in [0.15, 0.2) is 0 Å². The van der Waals surface area contributed by atoms with E-state index in [0.29, 0.717) is 11.1 Å². The minimum Gasteiger partial charge on any atom is -0.267 e. The lowest BCUT2D eigenvalue weighted by Crippen LogP contribution is -2.41. The van der Waals surface area contributed by atoms with Crippen molar-refractivity contribution in [2.24, 2.45) is 0 Å². The van der Waals surface area contributed by atoms with Crippen LogP contribution in [0.4, 0.5) is 0 Å². The second-order valence-corrected chi connectivity index (χ2v) is 4.59. The summed E-state index contributed by atoms with van der Waals surface area (Å²) in [5.74, 6) is -0.667. The van der Waals surface area contributed by atoms with Gasteiger partial charge in [0.25, 0.3) is 11.8 Å². The molecule has 2 N–H and O–H groups in total. The van der Waals surface area contributed by atoms with Crippen LogP contribution in [-0.4, -0.2) is 11.8 Å². The summed E-state index contributed by atoms with van der Waals surface area (Å²) in [5, 5.41) is 0. The molecule has 0 spiro atoms. The highest BCUT2D eigenvalue weighted by molar-refractivity contribution is 5.99. The predicted octanol–water partition coefficient (Wildman–Crippen LogP) is 2.38. The molecule has 0 bridgehead atoms. The third kappa shape index (κ3) is 3.23. The third-order valence-electron chi connectivity index (χ3n) is 2.96. The zero-order valence-corrected chi connectivity index (χ0v) is 11.4. The summed E-state index contributed by atoms with van der Waals surface area (Å²) in [6.07, 6.45) is 0. The van der Waals surface area contributed by atoms with Gasteiger partial charge >= 0.3 is 0 Å². The van der Waals surface area contributed by atoms with Crippen LogP contribution in [0.25, 0.3) is 0 Å². The van der Waals surface area contributed by atoms with Gasteiger partial charge in [-0.25, -0.2) is 0 Å². The molecule has 0 aromatic heterocycles. The molecule has 0 saturated heterocycles. The van der Waals surface area contributed by atoms with Gasteiger partial charge in [0.1, 0.15) is 0 Å². The molecule has 0 aliphatic heterocycles. The molecule has 0 fully saturated rings. The fraction of sp³-hybridized carbons (Fsp3) is 0.125. The quantitative estimate of drug-likeness (QED) is 0.822. The molecule has 0 aliphatic carbocycles. The highest BCUT2D eigenvalue weighted by atomic mass is 16.2. The summed E-state index contributed by atoms with van der Waals surface area (Å²) >= 11 is 0. The van der Waals surface area contributed by atoms with Crippen LogP contribution in [0.15, 0.2) is 48.5 Å². The second-order valence-electron chi connectivity index (χ2n) is 4.59. The molecule has 4 heteroatoms. The number of benzene rings is 2. The first-order valence-corrected chi connectivity index (χ1v) is 6.31. The Balaban J connectivity index is 2.02. The zero-order valence-electron chi connectivity index (χ0n) is 11.4. The number of aryl methyl sites for hydroxylation is 2. The lowest BCUT2D eigenvalue weighted by molar-refractivity contribution is 0.0846. The van der Waals surface area contributed by atoms with Crippen LogP contribution >= 0.6 is 0 Å². The van der Waals surface area contributed by atoms with Crippen LogP contribution in [0.2, 0.25) is 0 Å². The third-order valence-corrected chi connectivity index (χ3v) is 2.96. The molecule has 20 heavy (non-hydrogen) atoms. The van der Waals surface area contributed by atoms with Crippen LogP contribution in [-0.2, 0) is 0 Å². The maximum absolute atomic E-state index is 12.0. The number of carbonyl (C=O) groups is 2. The van der Waals surface area contributed by atoms with Gasteiger partial charge < -0.3 is 0 Å². The topological polar surface area (TPSA) is 58.2 Å². The van der Waals surface area contributed by atoms with E-state index < -0.39 is 0 Å². The van der Waals surface area contributed by atoms with E-state index in [1.165, 1.54) is 0 Å². The first-order valence-electron chi connectivity index (χ1n) is 6.31. The normalized spacial score (nSPS) is 9.90. The summed E-state index contributed by atoms with van der Waals surface area (Å²) in [6, 6.07) is 14.3. The lowest BCUT2D eigenvalue weighted by atomic mass is 10.1. The van der Waals surface area contributed by atoms with Crippen LogP contribution in [0.5, 0.6) is 0 Å². The summed E-state index contributed by atoms with van der Waals surface area (Å²) in [4.78, 5) is 23.8. The lowest BCUT2D eigenvalue weighted by Gasteiger charge is -2.09. The Morgan fingerprint density at radius 1 is 0.850 bits per heavy atom. The van der Waals surface area contributed by atoms with Crippen molar-refractivity contribution in [3.8, 4) is 0 Å². The molecule has 0 aliphatic rings. The molecule has 0 atom stereocenters. The van der Waals surface area contributed by atoms with Crippen molar-refractivity contribution in [3.05, 3.63) is 70.8 Å². The zero-order chi connectivity index (χ0) is 14.5. The van der Waals surface area contributed by atoms with Gasteiger partial charge in [0.2, 0.25) is 0 Å². The highest BCUT2D eigenvalue weighted by Crippen LogP contribution is 2.10. The highest BCUT2D eigenvalue weighted by Gasteiger charge is 2.11. The largest absolute Gasteiger partial charge is 0.269 e. The Morgan fingerprint density at radius 2 is 1.50 bits per heavy atom. The van der Waals surface area contributed by atoms with Gasteiger partial charge in [-0.1, -0.05) is 35.9 Å². The number of rotatable bonds is 2. The number of hydrogen-bond donors (Lipinski definition) is 2. The molecule has 0 heterocycles. The number of hydrazine groups is 1. The van der Waals surface area contributed by atoms with Gasteiger partial charge in [-0.15, -0.1) is 0 Å². The maximum atomic E-state index is 12.0. The van der Waals surface area contributed by atoms with E-state index in [-0.39, 0.29) is 11.8 Å². The van der Waals surface area contributed by atoms with Crippen LogP contribution in [0.3, 0.4) is 0 Å². The number of carbonyl (C=O) groups excluding carboxylic acids is 2. The summed E-state index contributed by atoms with van der Waals surface area (Å²) in [5.41, 5.74) is 7.74. The number of nitrogens with one attached hydrogen (secondary N) is 2. The van der Waals surface area contributed by atoms with E-state index in [1.54, 1.807) is 30.3 Å². The SMILES string of the molecule is Cc1ccc(C)c(C(=O)NNC(=O)c2ccccc2)c1. The fourth-order valence-electron chi connectivity index (χ4n) is 1.82. The van der Waals surface area contributed by atoms with Crippen LogP contribution in [0, 0.1) is 13.8 Å². The standard InChI is InChI=1S/C16H16N2O2/c1-11-8-9-12(2)14(10-11)16(20)18-17-15(19)13-6-4-3-5-7-13/h3-10H,1-2H3,(H,17,19)(H,18,20). The molecular weight excluding hydrogens is 252 g/mol. The van der Waals surface area contributed by atoms with Gasteiger partial charge in [-0.2, -0.15) is 0 Å². The Labute approximate surface area is 117 Å². The molecule has 102 valence electrons. The average Bonchev–Trinajstić information content (AvgIpc) is 2.47. The molecule has 0 unspecified atom stereocenters. The van der Waals surface area contributed by atoms with Gasteiger partial charge in [-0.3, -0.25) is 20.4 Å². The molecular formula is C16H16N2O2. The van der Waals surface area contributed by atoms with Crippen molar-refractivity contribution in [1.29, 1.82) is 0 Å².